The van der Waals surface area contributed by atoms with Gasteiger partial charge in [-0.25, -0.2) is 9.89 Å². The van der Waals surface area contributed by atoms with E-state index in [1.54, 1.807) is 19.2 Å². The highest BCUT2D eigenvalue weighted by atomic mass is 16.5. The van der Waals surface area contributed by atoms with E-state index in [4.69, 9.17) is 4.74 Å². The van der Waals surface area contributed by atoms with Gasteiger partial charge in [0.1, 0.15) is 6.33 Å². The Hall–Kier alpha value is -3.81. The molecule has 8 heteroatoms. The van der Waals surface area contributed by atoms with Crippen molar-refractivity contribution in [3.05, 3.63) is 70.0 Å². The first kappa shape index (κ1) is 17.6. The number of hydrogen-bond donors (Lipinski definition) is 1. The number of nitrogens with one attached hydrogen (secondary N) is 1. The summed E-state index contributed by atoms with van der Waals surface area (Å²) >= 11 is 0. The second kappa shape index (κ2) is 6.73. The van der Waals surface area contributed by atoms with Gasteiger partial charge in [-0.1, -0.05) is 29.8 Å². The zero-order chi connectivity index (χ0) is 19.8. The van der Waals surface area contributed by atoms with E-state index >= 15 is 0 Å². The van der Waals surface area contributed by atoms with Gasteiger partial charge >= 0.3 is 5.97 Å². The molecule has 0 spiro atoms. The van der Waals surface area contributed by atoms with E-state index in [0.717, 1.165) is 11.1 Å². The molecule has 140 valence electrons. The Labute approximate surface area is 159 Å². The predicted octanol–water partition coefficient (Wildman–Crippen LogP) is 2.57. The summed E-state index contributed by atoms with van der Waals surface area (Å²) in [5.74, 6) is -0.264. The van der Waals surface area contributed by atoms with Gasteiger partial charge in [0.05, 0.1) is 29.3 Å². The van der Waals surface area contributed by atoms with Crippen LogP contribution in [0.4, 0.5) is 0 Å². The molecule has 1 N–H and O–H groups in total. The van der Waals surface area contributed by atoms with Gasteiger partial charge < -0.3 is 4.74 Å². The van der Waals surface area contributed by atoms with E-state index in [1.807, 2.05) is 31.2 Å². The number of aromatic nitrogens is 5. The van der Waals surface area contributed by atoms with Crippen LogP contribution < -0.4 is 5.56 Å². The smallest absolute Gasteiger partial charge is 0.340 e. The van der Waals surface area contributed by atoms with Crippen molar-refractivity contribution in [2.75, 3.05) is 7.11 Å². The van der Waals surface area contributed by atoms with E-state index in [-0.39, 0.29) is 17.1 Å². The number of esters is 1. The maximum absolute atomic E-state index is 13.4. The van der Waals surface area contributed by atoms with Crippen molar-refractivity contribution in [3.63, 3.8) is 0 Å². The number of carbonyl (C=O) groups is 1. The molecule has 4 rings (SSSR count). The summed E-state index contributed by atoms with van der Waals surface area (Å²) in [6, 6.07) is 9.33. The maximum Gasteiger partial charge on any atom is 0.340 e. The fraction of sp³-hybridized carbons (Fsp3) is 0.150. The topological polar surface area (TPSA) is 103 Å². The first-order valence-corrected chi connectivity index (χ1v) is 8.58. The Morgan fingerprint density at radius 2 is 2.04 bits per heavy atom. The fourth-order valence-corrected chi connectivity index (χ4v) is 3.32. The largest absolute Gasteiger partial charge is 0.465 e. The Kier molecular flexibility index (Phi) is 4.23. The van der Waals surface area contributed by atoms with Gasteiger partial charge in [-0.05, 0) is 25.5 Å². The van der Waals surface area contributed by atoms with E-state index < -0.39 is 5.97 Å². The van der Waals surface area contributed by atoms with Crippen LogP contribution in [0.5, 0.6) is 0 Å². The SMILES string of the molecule is COC(=O)c1c(C)nc2ccn(-c3ncn[nH]3)c(=O)c2c1-c1cccc(C)c1. The van der Waals surface area contributed by atoms with Gasteiger partial charge in [0.25, 0.3) is 5.56 Å². The molecule has 0 amide bonds. The number of pyridine rings is 2. The molecule has 0 aliphatic heterocycles. The summed E-state index contributed by atoms with van der Waals surface area (Å²) in [7, 11) is 1.31. The summed E-state index contributed by atoms with van der Waals surface area (Å²) in [6.07, 6.45) is 2.90. The maximum atomic E-state index is 13.4. The average molecular weight is 375 g/mol. The van der Waals surface area contributed by atoms with Gasteiger partial charge in [-0.3, -0.25) is 14.3 Å². The molecule has 0 aliphatic carbocycles. The summed E-state index contributed by atoms with van der Waals surface area (Å²) in [4.78, 5) is 34.5. The van der Waals surface area contributed by atoms with Gasteiger partial charge in [0.2, 0.25) is 5.95 Å². The molecule has 0 saturated heterocycles. The quantitative estimate of drug-likeness (QED) is 0.552. The van der Waals surface area contributed by atoms with Crippen molar-refractivity contribution in [3.8, 4) is 17.1 Å². The molecule has 0 unspecified atom stereocenters. The molecule has 28 heavy (non-hydrogen) atoms. The zero-order valence-corrected chi connectivity index (χ0v) is 15.6. The second-order valence-electron chi connectivity index (χ2n) is 6.37. The molecule has 0 saturated carbocycles. The molecule has 4 aromatic rings. The molecule has 8 nitrogen and oxygen atoms in total. The Balaban J connectivity index is 2.19. The number of aromatic amines is 1. The first-order chi connectivity index (χ1) is 13.5. The van der Waals surface area contributed by atoms with Crippen LogP contribution >= 0.6 is 0 Å². The molecule has 0 fully saturated rings. The predicted molar refractivity (Wildman–Crippen MR) is 104 cm³/mol. The summed E-state index contributed by atoms with van der Waals surface area (Å²) < 4.78 is 6.32. The number of methoxy groups -OCH3 is 1. The fourth-order valence-electron chi connectivity index (χ4n) is 3.32. The van der Waals surface area contributed by atoms with Crippen molar-refractivity contribution in [1.82, 2.24) is 24.7 Å². The minimum Gasteiger partial charge on any atom is -0.465 e. The zero-order valence-electron chi connectivity index (χ0n) is 15.6. The highest BCUT2D eigenvalue weighted by Gasteiger charge is 2.24. The molecule has 0 aliphatic rings. The third kappa shape index (κ3) is 2.75. The van der Waals surface area contributed by atoms with Crippen molar-refractivity contribution in [2.45, 2.75) is 13.8 Å². The van der Waals surface area contributed by atoms with E-state index in [0.29, 0.717) is 22.2 Å². The third-order valence-corrected chi connectivity index (χ3v) is 4.55. The minimum atomic E-state index is -0.544. The minimum absolute atomic E-state index is 0.271. The van der Waals surface area contributed by atoms with E-state index in [1.165, 1.54) is 18.0 Å². The van der Waals surface area contributed by atoms with Crippen molar-refractivity contribution in [2.24, 2.45) is 0 Å². The van der Waals surface area contributed by atoms with Gasteiger partial charge in [0.15, 0.2) is 0 Å². The average Bonchev–Trinajstić information content (AvgIpc) is 3.21. The normalized spacial score (nSPS) is 11.0. The molecular formula is C20H17N5O3. The number of rotatable bonds is 3. The van der Waals surface area contributed by atoms with Gasteiger partial charge in [-0.15, -0.1) is 0 Å². The van der Waals surface area contributed by atoms with Crippen LogP contribution in [0.15, 0.2) is 47.7 Å². The highest BCUT2D eigenvalue weighted by molar-refractivity contribution is 6.07. The summed E-state index contributed by atoms with van der Waals surface area (Å²) in [5, 5.41) is 6.79. The molecule has 0 atom stereocenters. The van der Waals surface area contributed by atoms with Crippen LogP contribution in [0.25, 0.3) is 28.0 Å². The number of hydrogen-bond acceptors (Lipinski definition) is 6. The Morgan fingerprint density at radius 1 is 1.21 bits per heavy atom. The van der Waals surface area contributed by atoms with Gasteiger partial charge in [0, 0.05) is 11.8 Å². The lowest BCUT2D eigenvalue weighted by molar-refractivity contribution is 0.0600. The van der Waals surface area contributed by atoms with Gasteiger partial charge in [-0.2, -0.15) is 10.1 Å². The summed E-state index contributed by atoms with van der Waals surface area (Å²) in [6.45, 7) is 3.68. The van der Waals surface area contributed by atoms with Crippen LogP contribution in [0, 0.1) is 13.8 Å². The molecule has 3 heterocycles. The second-order valence-corrected chi connectivity index (χ2v) is 6.37. The Morgan fingerprint density at radius 3 is 2.71 bits per heavy atom. The number of H-pyrrole nitrogens is 1. The van der Waals surface area contributed by atoms with E-state index in [2.05, 4.69) is 20.2 Å². The summed E-state index contributed by atoms with van der Waals surface area (Å²) in [5.41, 5.74) is 3.13. The lowest BCUT2D eigenvalue weighted by Gasteiger charge is -2.15. The van der Waals surface area contributed by atoms with Crippen LogP contribution in [0.2, 0.25) is 0 Å². The molecule has 0 bridgehead atoms. The van der Waals surface area contributed by atoms with Crippen LogP contribution in [-0.4, -0.2) is 37.8 Å². The lowest BCUT2D eigenvalue weighted by atomic mass is 9.94. The monoisotopic (exact) mass is 375 g/mol. The molecule has 0 radical (unpaired) electrons. The number of aryl methyl sites for hydroxylation is 2. The van der Waals surface area contributed by atoms with E-state index in [9.17, 15) is 9.59 Å². The van der Waals surface area contributed by atoms with Crippen LogP contribution in [0.1, 0.15) is 21.6 Å². The van der Waals surface area contributed by atoms with Crippen molar-refractivity contribution in [1.29, 1.82) is 0 Å². The number of fused-ring (bicyclic) bond motifs is 1. The van der Waals surface area contributed by atoms with Crippen molar-refractivity contribution >= 4 is 16.9 Å². The van der Waals surface area contributed by atoms with Crippen LogP contribution in [-0.2, 0) is 4.74 Å². The molecular weight excluding hydrogens is 358 g/mol. The number of nitrogens with zero attached hydrogens (tertiary/aromatic N) is 4. The Bertz CT molecular complexity index is 1260. The van der Waals surface area contributed by atoms with Crippen molar-refractivity contribution < 1.29 is 9.53 Å². The highest BCUT2D eigenvalue weighted by Crippen LogP contribution is 2.32. The number of carbonyl (C=O) groups excluding carboxylic acids is 1. The number of ether oxygens (including phenoxy) is 1. The molecule has 3 aromatic heterocycles. The van der Waals surface area contributed by atoms with Crippen LogP contribution in [0.3, 0.4) is 0 Å². The number of benzene rings is 1. The standard InChI is InChI=1S/C20H17N5O3/c1-11-5-4-6-13(9-11)16-15(19(27)28-3)12(2)23-14-7-8-25(18(26)17(14)16)20-21-10-22-24-20/h4-10H,1-3H3,(H,21,22,24). The third-order valence-electron chi connectivity index (χ3n) is 4.55. The lowest BCUT2D eigenvalue weighted by Crippen LogP contribution is -2.21. The molecule has 1 aromatic carbocycles. The first-order valence-electron chi connectivity index (χ1n) is 8.58.